The molecular weight excluding hydrogens is 230 g/mol. The summed E-state index contributed by atoms with van der Waals surface area (Å²) in [4.78, 5) is 19.0. The molecule has 0 atom stereocenters. The maximum atomic E-state index is 11.1. The molecule has 0 unspecified atom stereocenters. The molecule has 2 heterocycles. The van der Waals surface area contributed by atoms with E-state index < -0.39 is 5.91 Å². The lowest BCUT2D eigenvalue weighted by atomic mass is 10.00. The number of H-pyrrole nitrogens is 1. The van der Waals surface area contributed by atoms with Crippen LogP contribution in [-0.4, -0.2) is 29.1 Å². The van der Waals surface area contributed by atoms with Gasteiger partial charge in [-0.05, 0) is 31.0 Å². The van der Waals surface area contributed by atoms with Crippen LogP contribution in [0.1, 0.15) is 34.9 Å². The second-order valence-corrected chi connectivity index (χ2v) is 4.60. The van der Waals surface area contributed by atoms with Gasteiger partial charge in [0.15, 0.2) is 0 Å². The molecule has 1 aliphatic heterocycles. The first-order valence-corrected chi connectivity index (χ1v) is 6.11. The van der Waals surface area contributed by atoms with Gasteiger partial charge in [0, 0.05) is 24.7 Å². The van der Waals surface area contributed by atoms with Crippen LogP contribution in [0.3, 0.4) is 0 Å². The second-order valence-electron chi connectivity index (χ2n) is 4.60. The highest BCUT2D eigenvalue weighted by molar-refractivity contribution is 5.96. The SMILES string of the molecule is NC(=O)c1ccc2nc(C3CCOCC3)[nH]c2c1. The number of primary amides is 1. The number of hydrogen-bond acceptors (Lipinski definition) is 3. The zero-order valence-electron chi connectivity index (χ0n) is 9.98. The quantitative estimate of drug-likeness (QED) is 0.842. The van der Waals surface area contributed by atoms with Crippen molar-refractivity contribution in [2.75, 3.05) is 13.2 Å². The lowest BCUT2D eigenvalue weighted by Crippen LogP contribution is -2.15. The highest BCUT2D eigenvalue weighted by atomic mass is 16.5. The van der Waals surface area contributed by atoms with Gasteiger partial charge in [-0.25, -0.2) is 4.98 Å². The Balaban J connectivity index is 1.97. The minimum Gasteiger partial charge on any atom is -0.381 e. The molecule has 1 fully saturated rings. The number of amides is 1. The number of benzene rings is 1. The van der Waals surface area contributed by atoms with Crippen LogP contribution in [-0.2, 0) is 4.74 Å². The maximum Gasteiger partial charge on any atom is 0.248 e. The lowest BCUT2D eigenvalue weighted by molar-refractivity contribution is 0.0838. The predicted molar refractivity (Wildman–Crippen MR) is 67.4 cm³/mol. The number of nitrogens with zero attached hydrogens (tertiary/aromatic N) is 1. The normalized spacial score (nSPS) is 17.1. The van der Waals surface area contributed by atoms with Gasteiger partial charge >= 0.3 is 0 Å². The molecule has 1 aromatic heterocycles. The van der Waals surface area contributed by atoms with Crippen LogP contribution in [0.5, 0.6) is 0 Å². The van der Waals surface area contributed by atoms with Crippen LogP contribution in [0, 0.1) is 0 Å². The molecule has 94 valence electrons. The first kappa shape index (κ1) is 11.2. The lowest BCUT2D eigenvalue weighted by Gasteiger charge is -2.19. The summed E-state index contributed by atoms with van der Waals surface area (Å²) in [5.74, 6) is 0.984. The van der Waals surface area contributed by atoms with E-state index in [0.717, 1.165) is 42.9 Å². The average molecular weight is 245 g/mol. The average Bonchev–Trinajstić information content (AvgIpc) is 2.82. The van der Waals surface area contributed by atoms with Crippen molar-refractivity contribution >= 4 is 16.9 Å². The van der Waals surface area contributed by atoms with Crippen LogP contribution in [0.4, 0.5) is 0 Å². The number of hydrogen-bond donors (Lipinski definition) is 2. The van der Waals surface area contributed by atoms with Crippen molar-refractivity contribution in [1.82, 2.24) is 9.97 Å². The van der Waals surface area contributed by atoms with Gasteiger partial charge in [0.05, 0.1) is 11.0 Å². The van der Waals surface area contributed by atoms with Crippen LogP contribution in [0.25, 0.3) is 11.0 Å². The Morgan fingerprint density at radius 2 is 2.17 bits per heavy atom. The van der Waals surface area contributed by atoms with Gasteiger partial charge in [0.1, 0.15) is 5.82 Å². The van der Waals surface area contributed by atoms with E-state index in [1.165, 1.54) is 0 Å². The summed E-state index contributed by atoms with van der Waals surface area (Å²) in [5.41, 5.74) is 7.51. The topological polar surface area (TPSA) is 81.0 Å². The van der Waals surface area contributed by atoms with E-state index in [4.69, 9.17) is 10.5 Å². The number of imidazole rings is 1. The maximum absolute atomic E-state index is 11.1. The Bertz CT molecular complexity index is 585. The van der Waals surface area contributed by atoms with Crippen molar-refractivity contribution in [3.05, 3.63) is 29.6 Å². The molecule has 2 aromatic rings. The summed E-state index contributed by atoms with van der Waals surface area (Å²) in [7, 11) is 0. The van der Waals surface area contributed by atoms with E-state index in [2.05, 4.69) is 9.97 Å². The summed E-state index contributed by atoms with van der Waals surface area (Å²) in [5, 5.41) is 0. The van der Waals surface area contributed by atoms with Crippen molar-refractivity contribution in [3.63, 3.8) is 0 Å². The minimum atomic E-state index is -0.417. The van der Waals surface area contributed by atoms with Crippen molar-refractivity contribution in [3.8, 4) is 0 Å². The van der Waals surface area contributed by atoms with Crippen LogP contribution >= 0.6 is 0 Å². The second kappa shape index (κ2) is 4.42. The van der Waals surface area contributed by atoms with Crippen molar-refractivity contribution in [2.24, 2.45) is 5.73 Å². The van der Waals surface area contributed by atoms with Gasteiger partial charge in [0.2, 0.25) is 5.91 Å². The van der Waals surface area contributed by atoms with E-state index in [9.17, 15) is 4.79 Å². The number of ether oxygens (including phenoxy) is 1. The molecule has 1 saturated heterocycles. The van der Waals surface area contributed by atoms with E-state index in [1.54, 1.807) is 12.1 Å². The number of nitrogens with one attached hydrogen (secondary N) is 1. The number of rotatable bonds is 2. The Morgan fingerprint density at radius 1 is 1.39 bits per heavy atom. The van der Waals surface area contributed by atoms with Crippen LogP contribution < -0.4 is 5.73 Å². The molecule has 1 amide bonds. The van der Waals surface area contributed by atoms with E-state index in [-0.39, 0.29) is 0 Å². The largest absolute Gasteiger partial charge is 0.381 e. The summed E-state index contributed by atoms with van der Waals surface area (Å²) >= 11 is 0. The molecule has 0 spiro atoms. The van der Waals surface area contributed by atoms with E-state index in [1.807, 2.05) is 6.07 Å². The first-order valence-electron chi connectivity index (χ1n) is 6.11. The number of aromatic amines is 1. The highest BCUT2D eigenvalue weighted by Gasteiger charge is 2.19. The third-order valence-electron chi connectivity index (χ3n) is 3.39. The molecule has 0 aliphatic carbocycles. The number of nitrogens with two attached hydrogens (primary N) is 1. The number of carbonyl (C=O) groups excluding carboxylic acids is 1. The summed E-state index contributed by atoms with van der Waals surface area (Å²) in [6.45, 7) is 1.57. The molecule has 5 nitrogen and oxygen atoms in total. The van der Waals surface area contributed by atoms with E-state index >= 15 is 0 Å². The fraction of sp³-hybridized carbons (Fsp3) is 0.385. The van der Waals surface area contributed by atoms with Gasteiger partial charge in [-0.1, -0.05) is 0 Å². The van der Waals surface area contributed by atoms with Gasteiger partial charge in [-0.2, -0.15) is 0 Å². The molecule has 5 heteroatoms. The molecule has 1 aromatic carbocycles. The van der Waals surface area contributed by atoms with Gasteiger partial charge in [-0.3, -0.25) is 4.79 Å². The van der Waals surface area contributed by atoms with Gasteiger partial charge < -0.3 is 15.5 Å². The number of carbonyl (C=O) groups is 1. The summed E-state index contributed by atoms with van der Waals surface area (Å²) in [6, 6.07) is 5.29. The Morgan fingerprint density at radius 3 is 2.89 bits per heavy atom. The van der Waals surface area contributed by atoms with E-state index in [0.29, 0.717) is 11.5 Å². The molecular formula is C13H15N3O2. The van der Waals surface area contributed by atoms with Crippen LogP contribution in [0.2, 0.25) is 0 Å². The first-order chi connectivity index (χ1) is 8.74. The van der Waals surface area contributed by atoms with Gasteiger partial charge in [-0.15, -0.1) is 0 Å². The zero-order chi connectivity index (χ0) is 12.5. The number of fused-ring (bicyclic) bond motifs is 1. The van der Waals surface area contributed by atoms with Crippen LogP contribution in [0.15, 0.2) is 18.2 Å². The molecule has 0 saturated carbocycles. The molecule has 1 aliphatic rings. The smallest absolute Gasteiger partial charge is 0.248 e. The predicted octanol–water partition coefficient (Wildman–Crippen LogP) is 1.56. The Hall–Kier alpha value is -1.88. The fourth-order valence-corrected chi connectivity index (χ4v) is 2.35. The third-order valence-corrected chi connectivity index (χ3v) is 3.39. The standard InChI is InChI=1S/C13H15N3O2/c14-12(17)9-1-2-10-11(7-9)16-13(15-10)8-3-5-18-6-4-8/h1-2,7-8H,3-6H2,(H2,14,17)(H,15,16). The number of aromatic nitrogens is 2. The third kappa shape index (κ3) is 1.97. The fourth-order valence-electron chi connectivity index (χ4n) is 2.35. The van der Waals surface area contributed by atoms with Crippen molar-refractivity contribution in [1.29, 1.82) is 0 Å². The van der Waals surface area contributed by atoms with Gasteiger partial charge in [0.25, 0.3) is 0 Å². The monoisotopic (exact) mass is 245 g/mol. The summed E-state index contributed by atoms with van der Waals surface area (Å²) < 4.78 is 5.34. The van der Waals surface area contributed by atoms with Crippen molar-refractivity contribution < 1.29 is 9.53 Å². The zero-order valence-corrected chi connectivity index (χ0v) is 9.98. The molecule has 3 N–H and O–H groups in total. The molecule has 0 radical (unpaired) electrons. The molecule has 3 rings (SSSR count). The molecule has 18 heavy (non-hydrogen) atoms. The summed E-state index contributed by atoms with van der Waals surface area (Å²) in [6.07, 6.45) is 1.98. The minimum absolute atomic E-state index is 0.417. The van der Waals surface area contributed by atoms with Crippen molar-refractivity contribution in [2.45, 2.75) is 18.8 Å². The molecule has 0 bridgehead atoms. The Kier molecular flexibility index (Phi) is 2.76. The highest BCUT2D eigenvalue weighted by Crippen LogP contribution is 2.26. The Labute approximate surface area is 104 Å².